The number of fused-ring (bicyclic) bond motifs is 1. The Morgan fingerprint density at radius 1 is 1.22 bits per heavy atom. The summed E-state index contributed by atoms with van der Waals surface area (Å²) in [5.41, 5.74) is 2.94. The van der Waals surface area contributed by atoms with Crippen molar-refractivity contribution in [2.75, 3.05) is 12.3 Å². The van der Waals surface area contributed by atoms with Crippen LogP contribution in [0.3, 0.4) is 0 Å². The zero-order valence-corrected chi connectivity index (χ0v) is 11.1. The van der Waals surface area contributed by atoms with Gasteiger partial charge in [0.15, 0.2) is 0 Å². The Morgan fingerprint density at radius 3 is 3.06 bits per heavy atom. The first-order valence-electron chi connectivity index (χ1n) is 6.35. The highest BCUT2D eigenvalue weighted by molar-refractivity contribution is 7.98. The predicted molar refractivity (Wildman–Crippen MR) is 75.8 cm³/mol. The van der Waals surface area contributed by atoms with Crippen LogP contribution in [-0.2, 0) is 12.2 Å². The van der Waals surface area contributed by atoms with E-state index in [1.54, 1.807) is 6.26 Å². The van der Waals surface area contributed by atoms with E-state index in [1.807, 2.05) is 23.9 Å². The Bertz CT molecular complexity index is 495. The molecule has 0 fully saturated rings. The van der Waals surface area contributed by atoms with Crippen molar-refractivity contribution in [1.29, 1.82) is 0 Å². The summed E-state index contributed by atoms with van der Waals surface area (Å²) in [5.74, 6) is 3.36. The van der Waals surface area contributed by atoms with E-state index in [4.69, 9.17) is 4.42 Å². The molecule has 0 amide bonds. The quantitative estimate of drug-likeness (QED) is 0.911. The average Bonchev–Trinajstić information content (AvgIpc) is 2.92. The standard InChI is InChI=1S/C15H17NOS/c1-2-6-14-12(4-1)10-18-11-15(14)16-8-7-13-5-3-9-17-13/h1-6,9,15-16H,7-8,10-11H2. The molecule has 2 nitrogen and oxygen atoms in total. The van der Waals surface area contributed by atoms with Crippen LogP contribution in [0.25, 0.3) is 0 Å². The lowest BCUT2D eigenvalue weighted by Crippen LogP contribution is -2.28. The van der Waals surface area contributed by atoms with Gasteiger partial charge in [0.2, 0.25) is 0 Å². The van der Waals surface area contributed by atoms with Crippen molar-refractivity contribution in [1.82, 2.24) is 5.32 Å². The van der Waals surface area contributed by atoms with Crippen molar-refractivity contribution < 1.29 is 4.42 Å². The van der Waals surface area contributed by atoms with Crippen LogP contribution >= 0.6 is 11.8 Å². The summed E-state index contributed by atoms with van der Waals surface area (Å²) in [4.78, 5) is 0. The zero-order valence-electron chi connectivity index (χ0n) is 10.3. The summed E-state index contributed by atoms with van der Waals surface area (Å²) in [7, 11) is 0. The van der Waals surface area contributed by atoms with E-state index in [0.29, 0.717) is 6.04 Å². The number of hydrogen-bond donors (Lipinski definition) is 1. The lowest BCUT2D eigenvalue weighted by molar-refractivity contribution is 0.486. The van der Waals surface area contributed by atoms with Gasteiger partial charge in [0, 0.05) is 30.5 Å². The van der Waals surface area contributed by atoms with Gasteiger partial charge in [0.25, 0.3) is 0 Å². The molecule has 1 N–H and O–H groups in total. The van der Waals surface area contributed by atoms with Gasteiger partial charge in [-0.1, -0.05) is 24.3 Å². The molecule has 0 aliphatic carbocycles. The first kappa shape index (κ1) is 11.9. The van der Waals surface area contributed by atoms with Gasteiger partial charge in [-0.3, -0.25) is 0 Å². The summed E-state index contributed by atoms with van der Waals surface area (Å²) < 4.78 is 5.35. The number of thioether (sulfide) groups is 1. The average molecular weight is 259 g/mol. The van der Waals surface area contributed by atoms with Crippen molar-refractivity contribution in [3.05, 3.63) is 59.5 Å². The maximum absolute atomic E-state index is 5.35. The molecule has 18 heavy (non-hydrogen) atoms. The van der Waals surface area contributed by atoms with Crippen LogP contribution in [0.1, 0.15) is 22.9 Å². The first-order chi connectivity index (χ1) is 8.93. The lowest BCUT2D eigenvalue weighted by Gasteiger charge is -2.26. The number of benzene rings is 1. The molecule has 1 atom stereocenters. The van der Waals surface area contributed by atoms with Crippen molar-refractivity contribution in [2.24, 2.45) is 0 Å². The molecule has 2 heterocycles. The van der Waals surface area contributed by atoms with E-state index < -0.39 is 0 Å². The molecule has 0 radical (unpaired) electrons. The molecular weight excluding hydrogens is 242 g/mol. The number of hydrogen-bond acceptors (Lipinski definition) is 3. The molecule has 3 rings (SSSR count). The fourth-order valence-corrected chi connectivity index (χ4v) is 3.51. The second-order valence-electron chi connectivity index (χ2n) is 4.55. The van der Waals surface area contributed by atoms with Gasteiger partial charge in [-0.15, -0.1) is 0 Å². The molecule has 1 aromatic heterocycles. The molecule has 94 valence electrons. The largest absolute Gasteiger partial charge is 0.469 e. The van der Waals surface area contributed by atoms with Crippen LogP contribution in [-0.4, -0.2) is 12.3 Å². The summed E-state index contributed by atoms with van der Waals surface area (Å²) in [6.07, 6.45) is 2.69. The number of rotatable bonds is 4. The van der Waals surface area contributed by atoms with Crippen molar-refractivity contribution >= 4 is 11.8 Å². The molecule has 2 aromatic rings. The highest BCUT2D eigenvalue weighted by Crippen LogP contribution is 2.31. The van der Waals surface area contributed by atoms with Gasteiger partial charge in [-0.25, -0.2) is 0 Å². The normalized spacial score (nSPS) is 18.6. The van der Waals surface area contributed by atoms with Crippen LogP contribution in [0.5, 0.6) is 0 Å². The lowest BCUT2D eigenvalue weighted by atomic mass is 10.0. The maximum atomic E-state index is 5.35. The van der Waals surface area contributed by atoms with Gasteiger partial charge in [-0.05, 0) is 23.3 Å². The summed E-state index contributed by atoms with van der Waals surface area (Å²) in [6, 6.07) is 13.2. The third-order valence-electron chi connectivity index (χ3n) is 3.31. The minimum absolute atomic E-state index is 0.481. The first-order valence-corrected chi connectivity index (χ1v) is 7.50. The van der Waals surface area contributed by atoms with Crippen molar-refractivity contribution in [2.45, 2.75) is 18.2 Å². The highest BCUT2D eigenvalue weighted by Gasteiger charge is 2.19. The maximum Gasteiger partial charge on any atom is 0.105 e. The van der Waals surface area contributed by atoms with Crippen molar-refractivity contribution in [3.63, 3.8) is 0 Å². The number of furan rings is 1. The molecule has 1 aliphatic heterocycles. The van der Waals surface area contributed by atoms with Crippen LogP contribution in [0, 0.1) is 0 Å². The van der Waals surface area contributed by atoms with Gasteiger partial charge in [0.1, 0.15) is 5.76 Å². The third-order valence-corrected chi connectivity index (χ3v) is 4.40. The Kier molecular flexibility index (Phi) is 3.72. The fourth-order valence-electron chi connectivity index (χ4n) is 2.38. The Morgan fingerprint density at radius 2 is 2.17 bits per heavy atom. The molecule has 0 spiro atoms. The highest BCUT2D eigenvalue weighted by atomic mass is 32.2. The molecule has 0 saturated heterocycles. The van der Waals surface area contributed by atoms with Crippen LogP contribution in [0.15, 0.2) is 47.1 Å². The summed E-state index contributed by atoms with van der Waals surface area (Å²) in [6.45, 7) is 0.965. The van der Waals surface area contributed by atoms with Crippen molar-refractivity contribution in [3.8, 4) is 0 Å². The second-order valence-corrected chi connectivity index (χ2v) is 5.58. The molecular formula is C15H17NOS. The molecule has 0 saturated carbocycles. The Balaban J connectivity index is 1.60. The van der Waals surface area contributed by atoms with E-state index >= 15 is 0 Å². The Hall–Kier alpha value is -1.19. The molecule has 1 aliphatic rings. The molecule has 0 bridgehead atoms. The summed E-state index contributed by atoms with van der Waals surface area (Å²) >= 11 is 2.01. The van der Waals surface area contributed by atoms with E-state index in [9.17, 15) is 0 Å². The zero-order chi connectivity index (χ0) is 12.2. The second kappa shape index (κ2) is 5.63. The van der Waals surface area contributed by atoms with E-state index in [2.05, 4.69) is 29.6 Å². The Labute approximate surface area is 112 Å². The molecule has 3 heteroatoms. The van der Waals surface area contributed by atoms with E-state index in [0.717, 1.165) is 30.2 Å². The summed E-state index contributed by atoms with van der Waals surface area (Å²) in [5, 5.41) is 3.64. The van der Waals surface area contributed by atoms with Gasteiger partial charge in [-0.2, -0.15) is 11.8 Å². The minimum Gasteiger partial charge on any atom is -0.469 e. The van der Waals surface area contributed by atoms with Gasteiger partial charge >= 0.3 is 0 Å². The molecule has 1 unspecified atom stereocenters. The van der Waals surface area contributed by atoms with Gasteiger partial charge < -0.3 is 9.73 Å². The monoisotopic (exact) mass is 259 g/mol. The van der Waals surface area contributed by atoms with Crippen LogP contribution in [0.4, 0.5) is 0 Å². The molecule has 1 aromatic carbocycles. The van der Waals surface area contributed by atoms with E-state index in [-0.39, 0.29) is 0 Å². The predicted octanol–water partition coefficient (Wildman–Crippen LogP) is 3.40. The smallest absolute Gasteiger partial charge is 0.105 e. The third kappa shape index (κ3) is 2.62. The van der Waals surface area contributed by atoms with Crippen LogP contribution < -0.4 is 5.32 Å². The van der Waals surface area contributed by atoms with Gasteiger partial charge in [0.05, 0.1) is 6.26 Å². The van der Waals surface area contributed by atoms with Crippen LogP contribution in [0.2, 0.25) is 0 Å². The number of nitrogens with one attached hydrogen (secondary N) is 1. The fraction of sp³-hybridized carbons (Fsp3) is 0.333. The SMILES string of the molecule is c1coc(CCNC2CSCc3ccccc32)c1. The minimum atomic E-state index is 0.481. The van der Waals surface area contributed by atoms with E-state index in [1.165, 1.54) is 11.1 Å². The topological polar surface area (TPSA) is 25.2 Å².